The van der Waals surface area contributed by atoms with E-state index in [4.69, 9.17) is 4.74 Å². The quantitative estimate of drug-likeness (QED) is 0.444. The summed E-state index contributed by atoms with van der Waals surface area (Å²) >= 11 is 2.91. The van der Waals surface area contributed by atoms with Crippen molar-refractivity contribution in [2.24, 2.45) is 5.92 Å². The summed E-state index contributed by atoms with van der Waals surface area (Å²) in [5, 5.41) is 11.4. The first kappa shape index (κ1) is 20.4. The van der Waals surface area contributed by atoms with Crippen molar-refractivity contribution in [2.75, 3.05) is 23.9 Å². The van der Waals surface area contributed by atoms with Crippen LogP contribution in [-0.2, 0) is 15.3 Å². The lowest BCUT2D eigenvalue weighted by Crippen LogP contribution is -2.28. The molecule has 0 spiro atoms. The molecule has 0 bridgehead atoms. The van der Waals surface area contributed by atoms with Crippen LogP contribution in [0.15, 0.2) is 58.9 Å². The van der Waals surface area contributed by atoms with Crippen LogP contribution < -0.4 is 15.0 Å². The third-order valence-corrected chi connectivity index (χ3v) is 6.76. The van der Waals surface area contributed by atoms with Crippen LogP contribution in [-0.4, -0.2) is 35.7 Å². The zero-order valence-corrected chi connectivity index (χ0v) is 17.9. The fourth-order valence-corrected chi connectivity index (χ4v) is 4.85. The van der Waals surface area contributed by atoms with E-state index >= 15 is 0 Å². The first-order chi connectivity index (χ1) is 14.6. The van der Waals surface area contributed by atoms with Crippen molar-refractivity contribution in [2.45, 2.75) is 16.5 Å². The number of rotatable bonds is 7. The number of carbonyl (C=O) groups excluding carboxylic acids is 2. The largest absolute Gasteiger partial charge is 0.497 e. The highest BCUT2D eigenvalue weighted by Crippen LogP contribution is 2.30. The average Bonchev–Trinajstić information content (AvgIpc) is 3.39. The second-order valence-corrected chi connectivity index (χ2v) is 8.94. The fourth-order valence-electron chi connectivity index (χ4n) is 3.14. The summed E-state index contributed by atoms with van der Waals surface area (Å²) in [6, 6.07) is 17.3. The fraction of sp³-hybridized carbons (Fsp3) is 0.238. The molecular weight excluding hydrogens is 420 g/mol. The molecule has 0 radical (unpaired) electrons. The number of hydrogen-bond acceptors (Lipinski definition) is 7. The van der Waals surface area contributed by atoms with E-state index in [1.165, 1.54) is 16.9 Å². The maximum Gasteiger partial charge on any atom is 0.231 e. The summed E-state index contributed by atoms with van der Waals surface area (Å²) in [5.41, 5.74) is 1.96. The van der Waals surface area contributed by atoms with E-state index in [-0.39, 0.29) is 18.2 Å². The highest BCUT2D eigenvalue weighted by Gasteiger charge is 2.35. The van der Waals surface area contributed by atoms with Crippen molar-refractivity contribution < 1.29 is 14.3 Å². The molecular formula is C21H20N4O3S2. The summed E-state index contributed by atoms with van der Waals surface area (Å²) in [6.07, 6.45) is 0.173. The second kappa shape index (κ2) is 9.27. The van der Waals surface area contributed by atoms with Gasteiger partial charge in [-0.05, 0) is 29.8 Å². The van der Waals surface area contributed by atoms with Gasteiger partial charge in [-0.1, -0.05) is 53.4 Å². The number of ether oxygens (including phenoxy) is 1. The van der Waals surface area contributed by atoms with E-state index in [0.29, 0.717) is 11.7 Å². The van der Waals surface area contributed by atoms with Crippen LogP contribution in [0, 0.1) is 5.92 Å². The molecule has 2 aromatic carbocycles. The lowest BCUT2D eigenvalue weighted by Gasteiger charge is -2.16. The molecule has 1 saturated heterocycles. The Kier molecular flexibility index (Phi) is 6.29. The van der Waals surface area contributed by atoms with Gasteiger partial charge in [0.15, 0.2) is 4.34 Å². The molecule has 4 rings (SSSR count). The summed E-state index contributed by atoms with van der Waals surface area (Å²) < 4.78 is 5.94. The molecule has 154 valence electrons. The van der Waals surface area contributed by atoms with Crippen molar-refractivity contribution in [3.8, 4) is 5.75 Å². The van der Waals surface area contributed by atoms with Crippen molar-refractivity contribution in [1.82, 2.24) is 10.2 Å². The van der Waals surface area contributed by atoms with E-state index in [9.17, 15) is 9.59 Å². The van der Waals surface area contributed by atoms with Gasteiger partial charge in [-0.2, -0.15) is 0 Å². The molecule has 2 heterocycles. The Morgan fingerprint density at radius 3 is 2.70 bits per heavy atom. The maximum atomic E-state index is 12.6. The number of thioether (sulfide) groups is 1. The molecule has 30 heavy (non-hydrogen) atoms. The molecule has 1 atom stereocenters. The number of nitrogens with one attached hydrogen (secondary N) is 1. The SMILES string of the molecule is COc1ccc(N2C[C@@H](C(=O)Nc3nnc(SCc4ccccc4)s3)CC2=O)cc1. The van der Waals surface area contributed by atoms with Gasteiger partial charge in [-0.25, -0.2) is 0 Å². The number of carbonyl (C=O) groups is 2. The number of benzene rings is 2. The Labute approximate surface area is 182 Å². The predicted molar refractivity (Wildman–Crippen MR) is 118 cm³/mol. The van der Waals surface area contributed by atoms with Crippen molar-refractivity contribution in [3.05, 3.63) is 60.2 Å². The summed E-state index contributed by atoms with van der Waals surface area (Å²) in [7, 11) is 1.59. The van der Waals surface area contributed by atoms with Gasteiger partial charge in [0.25, 0.3) is 0 Å². The van der Waals surface area contributed by atoms with Crippen LogP contribution in [0.3, 0.4) is 0 Å². The molecule has 1 aromatic heterocycles. The highest BCUT2D eigenvalue weighted by atomic mass is 32.2. The van der Waals surface area contributed by atoms with Gasteiger partial charge in [-0.15, -0.1) is 10.2 Å². The normalized spacial score (nSPS) is 16.0. The number of anilines is 2. The zero-order chi connectivity index (χ0) is 20.9. The summed E-state index contributed by atoms with van der Waals surface area (Å²) in [4.78, 5) is 26.7. The van der Waals surface area contributed by atoms with Crippen LogP contribution >= 0.6 is 23.1 Å². The lowest BCUT2D eigenvalue weighted by molar-refractivity contribution is -0.122. The minimum Gasteiger partial charge on any atom is -0.497 e. The Morgan fingerprint density at radius 2 is 1.97 bits per heavy atom. The van der Waals surface area contributed by atoms with Gasteiger partial charge in [0.1, 0.15) is 5.75 Å². The molecule has 3 aromatic rings. The number of methoxy groups -OCH3 is 1. The van der Waals surface area contributed by atoms with E-state index in [1.54, 1.807) is 35.9 Å². The highest BCUT2D eigenvalue weighted by molar-refractivity contribution is 8.00. The molecule has 0 unspecified atom stereocenters. The number of hydrogen-bond donors (Lipinski definition) is 1. The number of amides is 2. The summed E-state index contributed by atoms with van der Waals surface area (Å²) in [6.45, 7) is 0.339. The molecule has 2 amide bonds. The Balaban J connectivity index is 1.33. The average molecular weight is 441 g/mol. The Hall–Kier alpha value is -2.91. The van der Waals surface area contributed by atoms with Gasteiger partial charge in [0.05, 0.1) is 13.0 Å². The first-order valence-electron chi connectivity index (χ1n) is 9.38. The minimum absolute atomic E-state index is 0.0725. The van der Waals surface area contributed by atoms with E-state index in [1.807, 2.05) is 30.3 Å². The van der Waals surface area contributed by atoms with Crippen LogP contribution in [0.2, 0.25) is 0 Å². The van der Waals surface area contributed by atoms with Gasteiger partial charge in [0, 0.05) is 24.4 Å². The van der Waals surface area contributed by atoms with E-state index in [2.05, 4.69) is 27.6 Å². The van der Waals surface area contributed by atoms with Crippen LogP contribution in [0.5, 0.6) is 5.75 Å². The zero-order valence-electron chi connectivity index (χ0n) is 16.3. The van der Waals surface area contributed by atoms with Crippen molar-refractivity contribution >= 4 is 45.7 Å². The third kappa shape index (κ3) is 4.80. The van der Waals surface area contributed by atoms with Crippen LogP contribution in [0.4, 0.5) is 10.8 Å². The standard InChI is InChI=1S/C21H20N4O3S2/c1-28-17-9-7-16(8-10-17)25-12-15(11-18(25)26)19(27)22-20-23-24-21(30-20)29-13-14-5-3-2-4-6-14/h2-10,15H,11-13H2,1H3,(H,22,23,27)/t15-/m0/s1. The van der Waals surface area contributed by atoms with Crippen molar-refractivity contribution in [3.63, 3.8) is 0 Å². The van der Waals surface area contributed by atoms with Gasteiger partial charge in [0.2, 0.25) is 16.9 Å². The van der Waals surface area contributed by atoms with Crippen LogP contribution in [0.1, 0.15) is 12.0 Å². The maximum absolute atomic E-state index is 12.6. The molecule has 9 heteroatoms. The molecule has 0 aliphatic carbocycles. The molecule has 1 N–H and O–H groups in total. The predicted octanol–water partition coefficient (Wildman–Crippen LogP) is 3.83. The molecule has 1 fully saturated rings. The van der Waals surface area contributed by atoms with E-state index in [0.717, 1.165) is 21.5 Å². The lowest BCUT2D eigenvalue weighted by atomic mass is 10.1. The van der Waals surface area contributed by atoms with Gasteiger partial charge >= 0.3 is 0 Å². The minimum atomic E-state index is -0.427. The molecule has 1 aliphatic rings. The number of nitrogens with zero attached hydrogens (tertiary/aromatic N) is 3. The monoisotopic (exact) mass is 440 g/mol. The van der Waals surface area contributed by atoms with E-state index < -0.39 is 5.92 Å². The van der Waals surface area contributed by atoms with Crippen molar-refractivity contribution in [1.29, 1.82) is 0 Å². The van der Waals surface area contributed by atoms with Gasteiger partial charge in [-0.3, -0.25) is 9.59 Å². The van der Waals surface area contributed by atoms with Crippen LogP contribution in [0.25, 0.3) is 0 Å². The number of aromatic nitrogens is 2. The topological polar surface area (TPSA) is 84.4 Å². The molecule has 0 saturated carbocycles. The Bertz CT molecular complexity index is 1020. The molecule has 7 nitrogen and oxygen atoms in total. The Morgan fingerprint density at radius 1 is 1.20 bits per heavy atom. The first-order valence-corrected chi connectivity index (χ1v) is 11.2. The van der Waals surface area contributed by atoms with Gasteiger partial charge < -0.3 is 15.0 Å². The second-order valence-electron chi connectivity index (χ2n) is 6.74. The summed E-state index contributed by atoms with van der Waals surface area (Å²) in [5.74, 6) is 0.796. The third-order valence-electron chi connectivity index (χ3n) is 4.72. The smallest absolute Gasteiger partial charge is 0.231 e. The molecule has 1 aliphatic heterocycles.